The first-order valence-corrected chi connectivity index (χ1v) is 5.62. The lowest BCUT2D eigenvalue weighted by molar-refractivity contribution is 0.0368. The lowest BCUT2D eigenvalue weighted by Crippen LogP contribution is -2.43. The Bertz CT molecular complexity index is 246. The topological polar surface area (TPSA) is 9.23 Å². The number of hydrogen-bond acceptors (Lipinski definition) is 1. The van der Waals surface area contributed by atoms with Crippen LogP contribution < -0.4 is 0 Å². The summed E-state index contributed by atoms with van der Waals surface area (Å²) < 4.78 is 6.17. The highest BCUT2D eigenvalue weighted by Gasteiger charge is 2.87. The summed E-state index contributed by atoms with van der Waals surface area (Å²) in [5.74, 6) is 8.98. The van der Waals surface area contributed by atoms with Gasteiger partial charge in [0.25, 0.3) is 0 Å². The van der Waals surface area contributed by atoms with Crippen molar-refractivity contribution in [3.05, 3.63) is 0 Å². The summed E-state index contributed by atoms with van der Waals surface area (Å²) in [7, 11) is 0. The molecular weight excluding hydrogens is 148 g/mol. The Labute approximate surface area is 71.5 Å². The van der Waals surface area contributed by atoms with E-state index in [0.717, 1.165) is 47.7 Å². The van der Waals surface area contributed by atoms with Crippen molar-refractivity contribution in [2.75, 3.05) is 0 Å². The molecule has 0 spiro atoms. The molecule has 0 aromatic carbocycles. The van der Waals surface area contributed by atoms with Crippen molar-refractivity contribution in [3.8, 4) is 0 Å². The van der Waals surface area contributed by atoms with Gasteiger partial charge in [-0.15, -0.1) is 0 Å². The minimum absolute atomic E-state index is 0.781. The Kier molecular flexibility index (Phi) is 0.443. The smallest absolute Gasteiger partial charge is 0.0648 e. The Morgan fingerprint density at radius 3 is 1.83 bits per heavy atom. The van der Waals surface area contributed by atoms with E-state index in [1.165, 1.54) is 11.8 Å². The lowest BCUT2D eigenvalue weighted by atomic mass is 9.60. The van der Waals surface area contributed by atoms with Crippen LogP contribution in [0.1, 0.15) is 6.42 Å². The SMILES string of the molecule is C1[C@@H]2[C@H]3[C@H]4[C@H]1[C@H]1[C@H]5O[C@@H]([C@H]3[C@@H]54)[C@H]21. The molecule has 2 heterocycles. The zero-order chi connectivity index (χ0) is 7.19. The van der Waals surface area contributed by atoms with Crippen LogP contribution in [-0.2, 0) is 4.74 Å². The number of rotatable bonds is 0. The van der Waals surface area contributed by atoms with E-state index in [9.17, 15) is 0 Å². The maximum atomic E-state index is 6.17. The van der Waals surface area contributed by atoms with Crippen LogP contribution >= 0.6 is 0 Å². The van der Waals surface area contributed by atoms with Crippen LogP contribution in [0.15, 0.2) is 0 Å². The first kappa shape index (κ1) is 4.99. The van der Waals surface area contributed by atoms with E-state index in [4.69, 9.17) is 4.74 Å². The molecule has 7 rings (SSSR count). The summed E-state index contributed by atoms with van der Waals surface area (Å²) in [6.45, 7) is 0. The Morgan fingerprint density at radius 1 is 0.667 bits per heavy atom. The summed E-state index contributed by atoms with van der Waals surface area (Å²) in [6, 6.07) is 0. The first-order valence-electron chi connectivity index (χ1n) is 5.62. The normalized spacial score (nSPS) is 94.0. The van der Waals surface area contributed by atoms with Gasteiger partial charge in [-0.05, 0) is 53.8 Å². The van der Waals surface area contributed by atoms with Crippen molar-refractivity contribution >= 4 is 0 Å². The van der Waals surface area contributed by atoms with Crippen LogP contribution in [0.2, 0.25) is 0 Å². The maximum Gasteiger partial charge on any atom is 0.0648 e. The van der Waals surface area contributed by atoms with Crippen LogP contribution in [0.5, 0.6) is 0 Å². The van der Waals surface area contributed by atoms with Gasteiger partial charge in [0.15, 0.2) is 0 Å². The summed E-state index contributed by atoms with van der Waals surface area (Å²) >= 11 is 0. The van der Waals surface area contributed by atoms with E-state index in [1.54, 1.807) is 6.42 Å². The van der Waals surface area contributed by atoms with Crippen LogP contribution in [0.4, 0.5) is 0 Å². The summed E-state index contributed by atoms with van der Waals surface area (Å²) in [5, 5.41) is 0. The fraction of sp³-hybridized carbons (Fsp3) is 1.00. The van der Waals surface area contributed by atoms with Crippen molar-refractivity contribution < 1.29 is 4.74 Å². The number of ether oxygens (including phenoxy) is 1. The Morgan fingerprint density at radius 2 is 1.25 bits per heavy atom. The standard InChI is InChI=1S/C11H12O/c1-2-4-5-3(1)7-6(2)10-8(4)9(5)11(7)12-10/h2-11H,1H2/t2-,3+,4+,5-,6-,7-,8-,9+,10-,11-/m1/s1. The van der Waals surface area contributed by atoms with E-state index >= 15 is 0 Å². The van der Waals surface area contributed by atoms with Crippen LogP contribution in [0.3, 0.4) is 0 Å². The molecule has 7 aliphatic rings. The minimum atomic E-state index is 0.781. The minimum Gasteiger partial charge on any atom is -0.374 e. The Balaban J connectivity index is 1.86. The van der Waals surface area contributed by atoms with Gasteiger partial charge in [0.1, 0.15) is 0 Å². The van der Waals surface area contributed by atoms with Gasteiger partial charge in [0.2, 0.25) is 0 Å². The second kappa shape index (κ2) is 1.06. The molecule has 0 radical (unpaired) electrons. The van der Waals surface area contributed by atoms with E-state index in [-0.39, 0.29) is 0 Å². The highest BCUT2D eigenvalue weighted by molar-refractivity contribution is 5.34. The third-order valence-electron chi connectivity index (χ3n) is 6.58. The molecule has 0 N–H and O–H groups in total. The van der Waals surface area contributed by atoms with Crippen molar-refractivity contribution in [2.24, 2.45) is 47.3 Å². The number of hydrogen-bond donors (Lipinski definition) is 0. The molecule has 4 bridgehead atoms. The predicted molar refractivity (Wildman–Crippen MR) is 41.2 cm³/mol. The molecule has 5 saturated carbocycles. The van der Waals surface area contributed by atoms with Gasteiger partial charge >= 0.3 is 0 Å². The van der Waals surface area contributed by atoms with Gasteiger partial charge in [-0.2, -0.15) is 0 Å². The quantitative estimate of drug-likeness (QED) is 0.516. The molecule has 12 heavy (non-hydrogen) atoms. The lowest BCUT2D eigenvalue weighted by Gasteiger charge is -2.43. The second-order valence-corrected chi connectivity index (χ2v) is 6.09. The first-order chi connectivity index (χ1) is 5.97. The average molecular weight is 160 g/mol. The molecular formula is C11H12O. The zero-order valence-electron chi connectivity index (χ0n) is 6.89. The largest absolute Gasteiger partial charge is 0.374 e. The monoisotopic (exact) mass is 160 g/mol. The molecule has 62 valence electrons. The molecule has 5 aliphatic carbocycles. The summed E-state index contributed by atoms with van der Waals surface area (Å²) in [5.41, 5.74) is 0. The van der Waals surface area contributed by atoms with E-state index in [1.807, 2.05) is 0 Å². The zero-order valence-corrected chi connectivity index (χ0v) is 6.89. The highest BCUT2D eigenvalue weighted by atomic mass is 16.5. The van der Waals surface area contributed by atoms with Crippen LogP contribution in [-0.4, -0.2) is 12.2 Å². The second-order valence-electron chi connectivity index (χ2n) is 6.09. The fourth-order valence-corrected chi connectivity index (χ4v) is 6.91. The third-order valence-corrected chi connectivity index (χ3v) is 6.58. The molecule has 0 amide bonds. The van der Waals surface area contributed by atoms with Crippen LogP contribution in [0.25, 0.3) is 0 Å². The molecule has 2 aliphatic heterocycles. The van der Waals surface area contributed by atoms with Crippen molar-refractivity contribution in [1.82, 2.24) is 0 Å². The van der Waals surface area contributed by atoms with Gasteiger partial charge in [-0.3, -0.25) is 0 Å². The summed E-state index contributed by atoms with van der Waals surface area (Å²) in [6.07, 6.45) is 3.18. The Hall–Kier alpha value is -0.0400. The van der Waals surface area contributed by atoms with E-state index in [0.29, 0.717) is 0 Å². The fourth-order valence-electron chi connectivity index (χ4n) is 6.91. The molecule has 10 atom stereocenters. The predicted octanol–water partition coefficient (Wildman–Crippen LogP) is 1.14. The molecule has 2 saturated heterocycles. The van der Waals surface area contributed by atoms with Gasteiger partial charge in [0, 0.05) is 0 Å². The third kappa shape index (κ3) is 0.222. The van der Waals surface area contributed by atoms with Crippen molar-refractivity contribution in [1.29, 1.82) is 0 Å². The van der Waals surface area contributed by atoms with Gasteiger partial charge in [0.05, 0.1) is 12.2 Å². The molecule has 1 heteroatoms. The average Bonchev–Trinajstić information content (AvgIpc) is 2.51. The molecule has 0 aromatic heterocycles. The maximum absolute atomic E-state index is 6.17. The van der Waals surface area contributed by atoms with Gasteiger partial charge in [-0.1, -0.05) is 0 Å². The van der Waals surface area contributed by atoms with Gasteiger partial charge < -0.3 is 4.74 Å². The van der Waals surface area contributed by atoms with Gasteiger partial charge in [-0.25, -0.2) is 0 Å². The van der Waals surface area contributed by atoms with Crippen molar-refractivity contribution in [3.63, 3.8) is 0 Å². The summed E-state index contributed by atoms with van der Waals surface area (Å²) in [4.78, 5) is 0. The highest BCUT2D eigenvalue weighted by Crippen LogP contribution is 2.87. The molecule has 0 unspecified atom stereocenters. The van der Waals surface area contributed by atoms with E-state index < -0.39 is 0 Å². The molecule has 1 nitrogen and oxygen atoms in total. The van der Waals surface area contributed by atoms with Crippen LogP contribution in [0, 0.1) is 47.3 Å². The molecule has 7 fully saturated rings. The van der Waals surface area contributed by atoms with Crippen molar-refractivity contribution in [2.45, 2.75) is 18.6 Å². The van der Waals surface area contributed by atoms with E-state index in [2.05, 4.69) is 0 Å². The molecule has 0 aromatic rings.